The van der Waals surface area contributed by atoms with Crippen LogP contribution in [0.2, 0.25) is 0 Å². The molecule has 1 aromatic heterocycles. The number of carbonyl (C=O) groups excluding carboxylic acids is 3. The lowest BCUT2D eigenvalue weighted by atomic mass is 10.0. The maximum absolute atomic E-state index is 12.8. The van der Waals surface area contributed by atoms with Gasteiger partial charge < -0.3 is 25.1 Å². The van der Waals surface area contributed by atoms with E-state index in [9.17, 15) is 19.5 Å². The number of fused-ring (bicyclic) bond motifs is 3. The highest BCUT2D eigenvalue weighted by molar-refractivity contribution is 5.97. The van der Waals surface area contributed by atoms with Crippen LogP contribution >= 0.6 is 0 Å². The Morgan fingerprint density at radius 3 is 2.67 bits per heavy atom. The molecule has 1 aliphatic rings. The predicted octanol–water partition coefficient (Wildman–Crippen LogP) is -0.153. The van der Waals surface area contributed by atoms with Crippen molar-refractivity contribution in [2.75, 3.05) is 18.0 Å². The number of hydrogen-bond acceptors (Lipinski definition) is 5. The number of hydrogen-bond donors (Lipinski definition) is 2. The SMILES string of the molecule is CC(C)C[C@H](NC(=O)N1CCn2c1nc1ccccc12)C(=O)NCC(=O)[O-]. The van der Waals surface area contributed by atoms with Gasteiger partial charge >= 0.3 is 6.03 Å². The zero-order valence-corrected chi connectivity index (χ0v) is 15.3. The lowest BCUT2D eigenvalue weighted by Crippen LogP contribution is -2.53. The fourth-order valence-corrected chi connectivity index (χ4v) is 3.19. The van der Waals surface area contributed by atoms with Crippen molar-refractivity contribution in [2.24, 2.45) is 5.92 Å². The van der Waals surface area contributed by atoms with Crippen LogP contribution < -0.4 is 20.6 Å². The molecule has 9 heteroatoms. The number of carbonyl (C=O) groups is 3. The van der Waals surface area contributed by atoms with Gasteiger partial charge in [-0.25, -0.2) is 9.78 Å². The van der Waals surface area contributed by atoms with Gasteiger partial charge in [-0.1, -0.05) is 26.0 Å². The van der Waals surface area contributed by atoms with Gasteiger partial charge in [-0.3, -0.25) is 9.69 Å². The number of carboxylic acids is 1. The molecule has 3 rings (SSSR count). The van der Waals surface area contributed by atoms with Crippen LogP contribution in [0.4, 0.5) is 10.7 Å². The van der Waals surface area contributed by atoms with Crippen LogP contribution in [0.15, 0.2) is 24.3 Å². The van der Waals surface area contributed by atoms with Gasteiger partial charge in [-0.2, -0.15) is 0 Å². The first kappa shape index (κ1) is 18.7. The average molecular weight is 372 g/mol. The van der Waals surface area contributed by atoms with Gasteiger partial charge in [0, 0.05) is 13.1 Å². The quantitative estimate of drug-likeness (QED) is 0.731. The van der Waals surface area contributed by atoms with Crippen LogP contribution in [0, 0.1) is 5.92 Å². The summed E-state index contributed by atoms with van der Waals surface area (Å²) >= 11 is 0. The maximum atomic E-state index is 12.8. The smallest absolute Gasteiger partial charge is 0.324 e. The highest BCUT2D eigenvalue weighted by Gasteiger charge is 2.31. The third kappa shape index (κ3) is 4.02. The van der Waals surface area contributed by atoms with Gasteiger partial charge in [-0.05, 0) is 24.5 Å². The normalized spacial score (nSPS) is 14.3. The second-order valence-corrected chi connectivity index (χ2v) is 6.93. The van der Waals surface area contributed by atoms with E-state index >= 15 is 0 Å². The highest BCUT2D eigenvalue weighted by atomic mass is 16.4. The van der Waals surface area contributed by atoms with Crippen molar-refractivity contribution in [2.45, 2.75) is 32.9 Å². The summed E-state index contributed by atoms with van der Waals surface area (Å²) in [4.78, 5) is 41.6. The predicted molar refractivity (Wildman–Crippen MR) is 96.9 cm³/mol. The number of aliphatic carboxylic acids is 1. The summed E-state index contributed by atoms with van der Waals surface area (Å²) in [6.45, 7) is 4.31. The Labute approximate surface area is 156 Å². The van der Waals surface area contributed by atoms with Gasteiger partial charge in [0.25, 0.3) is 0 Å². The van der Waals surface area contributed by atoms with Crippen molar-refractivity contribution in [3.05, 3.63) is 24.3 Å². The lowest BCUT2D eigenvalue weighted by molar-refractivity contribution is -0.304. The molecule has 0 aliphatic carbocycles. The van der Waals surface area contributed by atoms with E-state index in [4.69, 9.17) is 0 Å². The number of aromatic nitrogens is 2. The van der Waals surface area contributed by atoms with Crippen LogP contribution in [0.25, 0.3) is 11.0 Å². The molecule has 0 unspecified atom stereocenters. The summed E-state index contributed by atoms with van der Waals surface area (Å²) < 4.78 is 1.96. The summed E-state index contributed by atoms with van der Waals surface area (Å²) in [6, 6.07) is 6.36. The van der Waals surface area contributed by atoms with E-state index < -0.39 is 30.5 Å². The molecule has 0 spiro atoms. The summed E-state index contributed by atoms with van der Waals surface area (Å²) in [6.07, 6.45) is 0.384. The van der Waals surface area contributed by atoms with Gasteiger partial charge in [0.05, 0.1) is 23.5 Å². The van der Waals surface area contributed by atoms with Crippen molar-refractivity contribution in [1.29, 1.82) is 0 Å². The lowest BCUT2D eigenvalue weighted by Gasteiger charge is -2.23. The number of amides is 3. The highest BCUT2D eigenvalue weighted by Crippen LogP contribution is 2.27. The van der Waals surface area contributed by atoms with E-state index in [1.54, 1.807) is 0 Å². The second kappa shape index (κ2) is 7.65. The van der Waals surface area contributed by atoms with Gasteiger partial charge in [-0.15, -0.1) is 0 Å². The molecular formula is C18H22N5O4-. The summed E-state index contributed by atoms with van der Waals surface area (Å²) in [5.41, 5.74) is 1.75. The Kier molecular flexibility index (Phi) is 5.29. The van der Waals surface area contributed by atoms with Crippen LogP contribution in [-0.4, -0.2) is 46.6 Å². The third-order valence-electron chi connectivity index (χ3n) is 4.40. The molecule has 1 aliphatic heterocycles. The first-order valence-electron chi connectivity index (χ1n) is 8.87. The standard InChI is InChI=1S/C18H23N5O4/c1-11(2)9-13(16(26)19-10-15(24)25)21-18(27)23-8-7-22-14-6-4-3-5-12(14)20-17(22)23/h3-6,11,13H,7-10H2,1-2H3,(H,19,26)(H,21,27)(H,24,25)/p-1/t13-/m0/s1. The summed E-state index contributed by atoms with van der Waals surface area (Å²) in [7, 11) is 0. The maximum Gasteiger partial charge on any atom is 0.324 e. The molecule has 144 valence electrons. The molecule has 2 N–H and O–H groups in total. The van der Waals surface area contributed by atoms with E-state index in [0.29, 0.717) is 25.5 Å². The Balaban J connectivity index is 1.75. The average Bonchev–Trinajstić information content (AvgIpc) is 3.17. The number of carboxylic acid groups (broad SMARTS) is 1. The Bertz CT molecular complexity index is 876. The van der Waals surface area contributed by atoms with Crippen molar-refractivity contribution < 1.29 is 19.5 Å². The Morgan fingerprint density at radius 2 is 1.96 bits per heavy atom. The zero-order chi connectivity index (χ0) is 19.6. The molecule has 2 heterocycles. The molecule has 1 aromatic carbocycles. The number of nitrogens with one attached hydrogen (secondary N) is 2. The van der Waals surface area contributed by atoms with Crippen LogP contribution in [0.3, 0.4) is 0 Å². The number of urea groups is 1. The molecule has 0 fully saturated rings. The minimum absolute atomic E-state index is 0.132. The molecule has 2 aromatic rings. The molecule has 9 nitrogen and oxygen atoms in total. The van der Waals surface area contributed by atoms with Crippen molar-refractivity contribution in [3.8, 4) is 0 Å². The number of para-hydroxylation sites is 2. The largest absolute Gasteiger partial charge is 0.548 e. The number of benzene rings is 1. The molecule has 1 atom stereocenters. The zero-order valence-electron chi connectivity index (χ0n) is 15.3. The topological polar surface area (TPSA) is 119 Å². The third-order valence-corrected chi connectivity index (χ3v) is 4.40. The number of imidazole rings is 1. The second-order valence-electron chi connectivity index (χ2n) is 6.93. The number of anilines is 1. The van der Waals surface area contributed by atoms with Crippen molar-refractivity contribution in [3.63, 3.8) is 0 Å². The minimum Gasteiger partial charge on any atom is -0.548 e. The van der Waals surface area contributed by atoms with Gasteiger partial charge in [0.1, 0.15) is 6.04 Å². The summed E-state index contributed by atoms with van der Waals surface area (Å²) in [5, 5.41) is 15.5. The monoisotopic (exact) mass is 372 g/mol. The molecular weight excluding hydrogens is 350 g/mol. The molecule has 3 amide bonds. The minimum atomic E-state index is -1.38. The fraction of sp³-hybridized carbons (Fsp3) is 0.444. The molecule has 0 saturated heterocycles. The first-order valence-corrected chi connectivity index (χ1v) is 8.87. The van der Waals surface area contributed by atoms with Crippen LogP contribution in [-0.2, 0) is 16.1 Å². The molecule has 0 saturated carbocycles. The first-order chi connectivity index (χ1) is 12.9. The van der Waals surface area contributed by atoms with E-state index in [1.165, 1.54) is 4.90 Å². The molecule has 27 heavy (non-hydrogen) atoms. The van der Waals surface area contributed by atoms with E-state index in [0.717, 1.165) is 11.0 Å². The van der Waals surface area contributed by atoms with Gasteiger partial charge in [0.15, 0.2) is 0 Å². The van der Waals surface area contributed by atoms with Gasteiger partial charge in [0.2, 0.25) is 11.9 Å². The van der Waals surface area contributed by atoms with Crippen LogP contribution in [0.5, 0.6) is 0 Å². The number of rotatable bonds is 6. The van der Waals surface area contributed by atoms with Crippen molar-refractivity contribution in [1.82, 2.24) is 20.2 Å². The molecule has 0 radical (unpaired) electrons. The Hall–Kier alpha value is -3.10. The Morgan fingerprint density at radius 1 is 1.22 bits per heavy atom. The fourth-order valence-electron chi connectivity index (χ4n) is 3.19. The van der Waals surface area contributed by atoms with E-state index in [2.05, 4.69) is 15.6 Å². The van der Waals surface area contributed by atoms with E-state index in [1.807, 2.05) is 42.7 Å². The van der Waals surface area contributed by atoms with Crippen LogP contribution in [0.1, 0.15) is 20.3 Å². The summed E-state index contributed by atoms with van der Waals surface area (Å²) in [5.74, 6) is -1.26. The van der Waals surface area contributed by atoms with E-state index in [-0.39, 0.29) is 5.92 Å². The molecule has 0 bridgehead atoms. The number of nitrogens with zero attached hydrogens (tertiary/aromatic N) is 3. The van der Waals surface area contributed by atoms with Crippen molar-refractivity contribution >= 4 is 34.9 Å².